The minimum absolute atomic E-state index is 0.0645. The molecule has 0 spiro atoms. The number of aromatic amines is 1. The number of benzene rings is 2. The van der Waals surface area contributed by atoms with Crippen LogP contribution in [0.3, 0.4) is 0 Å². The molecule has 0 saturated heterocycles. The van der Waals surface area contributed by atoms with E-state index in [-0.39, 0.29) is 45.7 Å². The van der Waals surface area contributed by atoms with Gasteiger partial charge in [0, 0.05) is 23.8 Å². The summed E-state index contributed by atoms with van der Waals surface area (Å²) in [6.07, 6.45) is 0. The number of aromatic hydroxyl groups is 2. The maximum Gasteiger partial charge on any atom is 0.270 e. The lowest BCUT2D eigenvalue weighted by Gasteiger charge is -2.06. The number of phenolic OH excluding ortho intramolecular Hbond substituents is 1. The summed E-state index contributed by atoms with van der Waals surface area (Å²) in [5, 5.41) is 31.9. The molecule has 0 bridgehead atoms. The molecule has 0 unspecified atom stereocenters. The van der Waals surface area contributed by atoms with Crippen LogP contribution in [-0.4, -0.2) is 32.2 Å². The van der Waals surface area contributed by atoms with Crippen molar-refractivity contribution < 1.29 is 24.3 Å². The maximum absolute atomic E-state index is 12.1. The molecule has 2 heterocycles. The number of ether oxygens (including phenoxy) is 1. The SMILES string of the molecule is COc1ccc(-c2nc(-c3cc([N+](=O)[O-])ccc3O)[nH]c2-c2oc(C)cc(=O)c2O)cc1. The van der Waals surface area contributed by atoms with Crippen molar-refractivity contribution in [3.63, 3.8) is 0 Å². The third-order valence-corrected chi connectivity index (χ3v) is 4.79. The van der Waals surface area contributed by atoms with Crippen molar-refractivity contribution in [1.82, 2.24) is 9.97 Å². The molecule has 32 heavy (non-hydrogen) atoms. The van der Waals surface area contributed by atoms with Gasteiger partial charge in [-0.05, 0) is 37.3 Å². The Balaban J connectivity index is 1.99. The molecule has 10 heteroatoms. The summed E-state index contributed by atoms with van der Waals surface area (Å²) in [5.41, 5.74) is 0.212. The zero-order valence-corrected chi connectivity index (χ0v) is 16.9. The Kier molecular flexibility index (Phi) is 5.11. The number of nitrogens with zero attached hydrogens (tertiary/aromatic N) is 2. The number of non-ortho nitro benzene ring substituents is 1. The average molecular weight is 435 g/mol. The molecule has 162 valence electrons. The lowest BCUT2D eigenvalue weighted by atomic mass is 10.1. The maximum atomic E-state index is 12.1. The first-order valence-corrected chi connectivity index (χ1v) is 9.34. The van der Waals surface area contributed by atoms with Crippen molar-refractivity contribution >= 4 is 5.69 Å². The molecule has 2 aromatic carbocycles. The number of aryl methyl sites for hydroxylation is 1. The van der Waals surface area contributed by atoms with Gasteiger partial charge in [0.2, 0.25) is 11.2 Å². The minimum atomic E-state index is -0.640. The van der Waals surface area contributed by atoms with E-state index in [4.69, 9.17) is 9.15 Å². The fraction of sp³-hybridized carbons (Fsp3) is 0.0909. The number of nitro benzene ring substituents is 1. The molecule has 4 rings (SSSR count). The van der Waals surface area contributed by atoms with Gasteiger partial charge in [-0.15, -0.1) is 0 Å². The van der Waals surface area contributed by atoms with E-state index in [9.17, 15) is 25.1 Å². The molecule has 2 aromatic heterocycles. The van der Waals surface area contributed by atoms with Crippen LogP contribution in [0.15, 0.2) is 57.7 Å². The third-order valence-electron chi connectivity index (χ3n) is 4.79. The molecule has 0 amide bonds. The van der Waals surface area contributed by atoms with Gasteiger partial charge in [0.15, 0.2) is 5.76 Å². The Bertz CT molecular complexity index is 1390. The second-order valence-corrected chi connectivity index (χ2v) is 6.90. The fourth-order valence-corrected chi connectivity index (χ4v) is 3.22. The minimum Gasteiger partial charge on any atom is -0.507 e. The van der Waals surface area contributed by atoms with Gasteiger partial charge in [-0.1, -0.05) is 0 Å². The Morgan fingerprint density at radius 3 is 2.50 bits per heavy atom. The van der Waals surface area contributed by atoms with Crippen molar-refractivity contribution in [2.75, 3.05) is 7.11 Å². The average Bonchev–Trinajstić information content (AvgIpc) is 3.21. The smallest absolute Gasteiger partial charge is 0.270 e. The van der Waals surface area contributed by atoms with Crippen molar-refractivity contribution in [3.05, 3.63) is 74.6 Å². The van der Waals surface area contributed by atoms with Crippen LogP contribution in [-0.2, 0) is 0 Å². The summed E-state index contributed by atoms with van der Waals surface area (Å²) in [4.78, 5) is 30.2. The van der Waals surface area contributed by atoms with E-state index in [1.807, 2.05) is 0 Å². The molecule has 0 atom stereocenters. The van der Waals surface area contributed by atoms with Gasteiger partial charge in [-0.3, -0.25) is 14.9 Å². The van der Waals surface area contributed by atoms with Crippen LogP contribution in [0.1, 0.15) is 5.76 Å². The predicted octanol–water partition coefficient (Wildman–Crippen LogP) is 4.00. The highest BCUT2D eigenvalue weighted by Gasteiger charge is 2.24. The van der Waals surface area contributed by atoms with Gasteiger partial charge in [0.25, 0.3) is 5.69 Å². The molecule has 10 nitrogen and oxygen atoms in total. The lowest BCUT2D eigenvalue weighted by Crippen LogP contribution is -2.01. The van der Waals surface area contributed by atoms with Crippen LogP contribution in [0.25, 0.3) is 34.1 Å². The molecule has 0 aliphatic carbocycles. The van der Waals surface area contributed by atoms with Gasteiger partial charge in [0.1, 0.15) is 34.5 Å². The van der Waals surface area contributed by atoms with E-state index in [1.165, 1.54) is 25.3 Å². The third kappa shape index (κ3) is 3.65. The normalized spacial score (nSPS) is 10.8. The molecule has 4 aromatic rings. The van der Waals surface area contributed by atoms with Crippen LogP contribution >= 0.6 is 0 Å². The zero-order valence-electron chi connectivity index (χ0n) is 16.9. The largest absolute Gasteiger partial charge is 0.507 e. The first-order chi connectivity index (χ1) is 15.3. The van der Waals surface area contributed by atoms with E-state index in [0.717, 1.165) is 6.07 Å². The van der Waals surface area contributed by atoms with Gasteiger partial charge in [-0.2, -0.15) is 0 Å². The van der Waals surface area contributed by atoms with E-state index in [0.29, 0.717) is 11.3 Å². The Morgan fingerprint density at radius 2 is 1.84 bits per heavy atom. The van der Waals surface area contributed by atoms with Crippen LogP contribution in [0.4, 0.5) is 5.69 Å². The predicted molar refractivity (Wildman–Crippen MR) is 115 cm³/mol. The standard InChI is InChI=1S/C22H17N3O7/c1-11-9-17(27)20(28)21(32-11)19-18(12-3-6-14(31-2)7-4-12)23-22(24-19)15-10-13(25(29)30)5-8-16(15)26/h3-10,26,28H,1-2H3,(H,23,24). The summed E-state index contributed by atoms with van der Waals surface area (Å²) in [6, 6.07) is 11.5. The summed E-state index contributed by atoms with van der Waals surface area (Å²) >= 11 is 0. The number of hydrogen-bond donors (Lipinski definition) is 3. The molecule has 0 saturated carbocycles. The van der Waals surface area contributed by atoms with E-state index >= 15 is 0 Å². The number of rotatable bonds is 5. The molecular formula is C22H17N3O7. The summed E-state index contributed by atoms with van der Waals surface area (Å²) in [6.45, 7) is 1.56. The number of methoxy groups -OCH3 is 1. The van der Waals surface area contributed by atoms with Crippen LogP contribution in [0.5, 0.6) is 17.2 Å². The highest BCUT2D eigenvalue weighted by Crippen LogP contribution is 2.39. The summed E-state index contributed by atoms with van der Waals surface area (Å²) in [5.74, 6) is -0.0684. The van der Waals surface area contributed by atoms with Gasteiger partial charge < -0.3 is 24.4 Å². The van der Waals surface area contributed by atoms with Crippen molar-refractivity contribution in [3.8, 4) is 51.3 Å². The first-order valence-electron chi connectivity index (χ1n) is 9.34. The topological polar surface area (TPSA) is 152 Å². The van der Waals surface area contributed by atoms with Crippen LogP contribution in [0, 0.1) is 17.0 Å². The van der Waals surface area contributed by atoms with Crippen LogP contribution < -0.4 is 10.2 Å². The van der Waals surface area contributed by atoms with Gasteiger partial charge in [0.05, 0.1) is 17.6 Å². The first kappa shape index (κ1) is 20.7. The second-order valence-electron chi connectivity index (χ2n) is 6.90. The number of phenols is 1. The van der Waals surface area contributed by atoms with E-state index < -0.39 is 16.1 Å². The number of imidazole rings is 1. The molecule has 0 fully saturated rings. The Hall–Kier alpha value is -4.60. The van der Waals surface area contributed by atoms with Crippen molar-refractivity contribution in [2.45, 2.75) is 6.92 Å². The van der Waals surface area contributed by atoms with E-state index in [2.05, 4.69) is 9.97 Å². The molecule has 0 aliphatic rings. The number of H-pyrrole nitrogens is 1. The molecule has 0 radical (unpaired) electrons. The zero-order chi connectivity index (χ0) is 23.0. The summed E-state index contributed by atoms with van der Waals surface area (Å²) in [7, 11) is 1.53. The van der Waals surface area contributed by atoms with Crippen LogP contribution in [0.2, 0.25) is 0 Å². The highest BCUT2D eigenvalue weighted by molar-refractivity contribution is 5.82. The quantitative estimate of drug-likeness (QED) is 0.314. The highest BCUT2D eigenvalue weighted by atomic mass is 16.6. The monoisotopic (exact) mass is 435 g/mol. The molecule has 3 N–H and O–H groups in total. The Morgan fingerprint density at radius 1 is 1.12 bits per heavy atom. The number of nitro groups is 1. The van der Waals surface area contributed by atoms with Crippen molar-refractivity contribution in [1.29, 1.82) is 0 Å². The second kappa shape index (κ2) is 7.91. The van der Waals surface area contributed by atoms with Gasteiger partial charge >= 0.3 is 0 Å². The molecule has 0 aliphatic heterocycles. The Labute approximate surface area is 180 Å². The van der Waals surface area contributed by atoms with Crippen molar-refractivity contribution in [2.24, 2.45) is 0 Å². The summed E-state index contributed by atoms with van der Waals surface area (Å²) < 4.78 is 10.8. The van der Waals surface area contributed by atoms with Gasteiger partial charge in [-0.25, -0.2) is 4.98 Å². The number of nitrogens with one attached hydrogen (secondary N) is 1. The number of hydrogen-bond acceptors (Lipinski definition) is 8. The number of aromatic nitrogens is 2. The van der Waals surface area contributed by atoms with E-state index in [1.54, 1.807) is 31.2 Å². The fourth-order valence-electron chi connectivity index (χ4n) is 3.22. The molecular weight excluding hydrogens is 418 g/mol. The lowest BCUT2D eigenvalue weighted by molar-refractivity contribution is -0.384.